The van der Waals surface area contributed by atoms with Crippen LogP contribution in [0, 0.1) is 0 Å². The third kappa shape index (κ3) is 4.93. The normalized spacial score (nSPS) is 11.7. The molecule has 4 heteroatoms. The number of hydrogen-bond acceptors (Lipinski definition) is 4. The van der Waals surface area contributed by atoms with Crippen molar-refractivity contribution in [3.05, 3.63) is 164 Å². The first kappa shape index (κ1) is 27.8. The molecule has 0 aliphatic heterocycles. The first-order valence-electron chi connectivity index (χ1n) is 16.4. The van der Waals surface area contributed by atoms with E-state index in [9.17, 15) is 0 Å². The predicted molar refractivity (Wildman–Crippen MR) is 207 cm³/mol. The average Bonchev–Trinajstić information content (AvgIpc) is 3.55. The van der Waals surface area contributed by atoms with Gasteiger partial charge >= 0.3 is 0 Å². The summed E-state index contributed by atoms with van der Waals surface area (Å²) in [5.74, 6) is 1.98. The molecule has 0 radical (unpaired) electrons. The highest BCUT2D eigenvalue weighted by molar-refractivity contribution is 7.25. The van der Waals surface area contributed by atoms with Gasteiger partial charge in [-0.05, 0) is 79.8 Å². The molecule has 0 fully saturated rings. The Kier molecular flexibility index (Phi) is 6.36. The van der Waals surface area contributed by atoms with Gasteiger partial charge in [0.05, 0.1) is 0 Å². The molecule has 0 amide bonds. The summed E-state index contributed by atoms with van der Waals surface area (Å²) in [5, 5.41) is 9.67. The van der Waals surface area contributed by atoms with Crippen LogP contribution in [0.25, 0.3) is 97.8 Å². The number of hydrogen-bond donors (Lipinski definition) is 0. The molecule has 49 heavy (non-hydrogen) atoms. The van der Waals surface area contributed by atoms with Gasteiger partial charge in [-0.3, -0.25) is 0 Å². The van der Waals surface area contributed by atoms with Crippen LogP contribution in [0.15, 0.2) is 164 Å². The number of rotatable bonds is 4. The highest BCUT2D eigenvalue weighted by Crippen LogP contribution is 2.37. The first-order valence-corrected chi connectivity index (χ1v) is 17.2. The van der Waals surface area contributed by atoms with Gasteiger partial charge in [0.2, 0.25) is 0 Å². The van der Waals surface area contributed by atoms with E-state index in [0.29, 0.717) is 17.5 Å². The maximum Gasteiger partial charge on any atom is 0.164 e. The van der Waals surface area contributed by atoms with Gasteiger partial charge in [0.25, 0.3) is 0 Å². The molecule has 2 aromatic heterocycles. The molecule has 0 bridgehead atoms. The summed E-state index contributed by atoms with van der Waals surface area (Å²) in [6.07, 6.45) is 0. The molecule has 0 aliphatic rings. The van der Waals surface area contributed by atoms with Crippen LogP contribution in [-0.4, -0.2) is 15.0 Å². The first-order chi connectivity index (χ1) is 24.2. The number of nitrogens with zero attached hydrogens (tertiary/aromatic N) is 3. The summed E-state index contributed by atoms with van der Waals surface area (Å²) in [7, 11) is 0. The Bertz CT molecular complexity index is 2900. The highest BCUT2D eigenvalue weighted by atomic mass is 32.1. The molecule has 0 saturated heterocycles. The monoisotopic (exact) mass is 641 g/mol. The zero-order valence-electron chi connectivity index (χ0n) is 26.3. The van der Waals surface area contributed by atoms with E-state index >= 15 is 0 Å². The topological polar surface area (TPSA) is 38.7 Å². The summed E-state index contributed by atoms with van der Waals surface area (Å²) in [6.45, 7) is 0. The third-order valence-electron chi connectivity index (χ3n) is 9.46. The summed E-state index contributed by atoms with van der Waals surface area (Å²) >= 11 is 1.80. The van der Waals surface area contributed by atoms with E-state index < -0.39 is 0 Å². The van der Waals surface area contributed by atoms with Gasteiger partial charge < -0.3 is 0 Å². The zero-order chi connectivity index (χ0) is 32.3. The van der Waals surface area contributed by atoms with E-state index in [2.05, 4.69) is 164 Å². The molecule has 0 N–H and O–H groups in total. The van der Waals surface area contributed by atoms with E-state index in [0.717, 1.165) is 27.5 Å². The van der Waals surface area contributed by atoms with Crippen molar-refractivity contribution in [2.45, 2.75) is 0 Å². The Morgan fingerprint density at radius 1 is 0.286 bits per heavy atom. The maximum absolute atomic E-state index is 5.13. The minimum atomic E-state index is 0.655. The Morgan fingerprint density at radius 3 is 1.33 bits per heavy atom. The fourth-order valence-corrected chi connectivity index (χ4v) is 8.04. The Hall–Kier alpha value is -6.23. The second-order valence-corrected chi connectivity index (χ2v) is 13.6. The van der Waals surface area contributed by atoms with Gasteiger partial charge in [0, 0.05) is 36.9 Å². The van der Waals surface area contributed by atoms with Crippen molar-refractivity contribution < 1.29 is 0 Å². The van der Waals surface area contributed by atoms with Crippen LogP contribution in [0.4, 0.5) is 0 Å². The van der Waals surface area contributed by atoms with Crippen molar-refractivity contribution in [2.24, 2.45) is 0 Å². The summed E-state index contributed by atoms with van der Waals surface area (Å²) in [5.41, 5.74) is 5.27. The molecule has 10 rings (SSSR count). The van der Waals surface area contributed by atoms with E-state index in [-0.39, 0.29) is 0 Å². The van der Waals surface area contributed by atoms with Gasteiger partial charge in [-0.2, -0.15) is 0 Å². The molecule has 228 valence electrons. The second-order valence-electron chi connectivity index (χ2n) is 12.5. The summed E-state index contributed by atoms with van der Waals surface area (Å²) in [6, 6.07) is 58.3. The molecule has 10 aromatic rings. The standard InChI is InChI=1S/C45H27N3S/c1-3-9-31-23-33(17-13-28(31)7-1)34-18-14-30-16-20-36(26-38(30)25-34)44-46-43(35-19-15-29-8-2-4-10-32(29)24-35)47-45(48-44)37-21-22-40-39-11-5-6-12-41(39)49-42(40)27-37/h1-27H. The van der Waals surface area contributed by atoms with E-state index in [4.69, 9.17) is 15.0 Å². The van der Waals surface area contributed by atoms with Crippen molar-refractivity contribution >= 4 is 63.8 Å². The Labute approximate surface area is 286 Å². The molecule has 0 aliphatic carbocycles. The summed E-state index contributed by atoms with van der Waals surface area (Å²) in [4.78, 5) is 15.3. The van der Waals surface area contributed by atoms with Gasteiger partial charge in [-0.25, -0.2) is 15.0 Å². The molecular weight excluding hydrogens is 615 g/mol. The van der Waals surface area contributed by atoms with Crippen LogP contribution in [-0.2, 0) is 0 Å². The number of aromatic nitrogens is 3. The van der Waals surface area contributed by atoms with Crippen molar-refractivity contribution in [1.29, 1.82) is 0 Å². The minimum absolute atomic E-state index is 0.655. The third-order valence-corrected chi connectivity index (χ3v) is 10.6. The lowest BCUT2D eigenvalue weighted by atomic mass is 9.98. The molecule has 0 saturated carbocycles. The maximum atomic E-state index is 5.13. The van der Waals surface area contributed by atoms with Crippen LogP contribution in [0.1, 0.15) is 0 Å². The lowest BCUT2D eigenvalue weighted by molar-refractivity contribution is 1.08. The molecule has 0 spiro atoms. The molecule has 8 aromatic carbocycles. The van der Waals surface area contributed by atoms with Crippen molar-refractivity contribution in [3.63, 3.8) is 0 Å². The molecule has 3 nitrogen and oxygen atoms in total. The van der Waals surface area contributed by atoms with Crippen molar-refractivity contribution in [3.8, 4) is 45.3 Å². The SMILES string of the molecule is c1ccc2cc(-c3ccc4ccc(-c5nc(-c6ccc7ccccc7c6)nc(-c6ccc7c(c6)sc6ccccc67)n5)cc4c3)ccc2c1. The van der Waals surface area contributed by atoms with Crippen LogP contribution < -0.4 is 0 Å². The molecule has 0 unspecified atom stereocenters. The van der Waals surface area contributed by atoms with Gasteiger partial charge in [0.1, 0.15) is 0 Å². The quantitative estimate of drug-likeness (QED) is 0.192. The fourth-order valence-electron chi connectivity index (χ4n) is 6.89. The van der Waals surface area contributed by atoms with Crippen LogP contribution in [0.2, 0.25) is 0 Å². The second kappa shape index (κ2) is 11.2. The summed E-state index contributed by atoms with van der Waals surface area (Å²) < 4.78 is 2.50. The zero-order valence-corrected chi connectivity index (χ0v) is 27.2. The number of benzene rings is 8. The van der Waals surface area contributed by atoms with Gasteiger partial charge in [-0.1, -0.05) is 127 Å². The van der Waals surface area contributed by atoms with Crippen LogP contribution in [0.3, 0.4) is 0 Å². The van der Waals surface area contributed by atoms with E-state index in [1.54, 1.807) is 11.3 Å². The number of fused-ring (bicyclic) bond motifs is 6. The van der Waals surface area contributed by atoms with E-state index in [1.807, 2.05) is 0 Å². The van der Waals surface area contributed by atoms with Crippen LogP contribution in [0.5, 0.6) is 0 Å². The lowest BCUT2D eigenvalue weighted by Crippen LogP contribution is -2.00. The number of thiophene rings is 1. The minimum Gasteiger partial charge on any atom is -0.208 e. The average molecular weight is 642 g/mol. The van der Waals surface area contributed by atoms with Crippen molar-refractivity contribution in [2.75, 3.05) is 0 Å². The Morgan fingerprint density at radius 2 is 0.694 bits per heavy atom. The molecule has 0 atom stereocenters. The predicted octanol–water partition coefficient (Wildman–Crippen LogP) is 12.4. The van der Waals surface area contributed by atoms with Gasteiger partial charge in [-0.15, -0.1) is 11.3 Å². The van der Waals surface area contributed by atoms with Crippen LogP contribution >= 0.6 is 11.3 Å². The van der Waals surface area contributed by atoms with Gasteiger partial charge in [0.15, 0.2) is 17.5 Å². The highest BCUT2D eigenvalue weighted by Gasteiger charge is 2.15. The largest absolute Gasteiger partial charge is 0.208 e. The molecular formula is C45H27N3S. The Balaban J connectivity index is 1.13. The lowest BCUT2D eigenvalue weighted by Gasteiger charge is -2.11. The van der Waals surface area contributed by atoms with E-state index in [1.165, 1.54) is 52.8 Å². The smallest absolute Gasteiger partial charge is 0.164 e. The molecule has 2 heterocycles. The van der Waals surface area contributed by atoms with Crippen molar-refractivity contribution in [1.82, 2.24) is 15.0 Å². The fraction of sp³-hybridized carbons (Fsp3) is 0.